The van der Waals surface area contributed by atoms with Crippen LogP contribution in [0.15, 0.2) is 16.9 Å². The molecule has 0 radical (unpaired) electrons. The maximum atomic E-state index is 11.9. The van der Waals surface area contributed by atoms with Crippen molar-refractivity contribution in [3.63, 3.8) is 0 Å². The Bertz CT molecular complexity index is 363. The second kappa shape index (κ2) is 3.34. The highest BCUT2D eigenvalue weighted by Crippen LogP contribution is 2.30. The van der Waals surface area contributed by atoms with Crippen molar-refractivity contribution in [3.8, 4) is 0 Å². The molecule has 1 aromatic heterocycles. The van der Waals surface area contributed by atoms with Crippen molar-refractivity contribution in [2.75, 3.05) is 19.6 Å². The Hall–Kier alpha value is -1.36. The summed E-state index contributed by atoms with van der Waals surface area (Å²) in [6.07, 6.45) is 2.49. The third-order valence-electron chi connectivity index (χ3n) is 3.32. The number of nitrogens with one attached hydrogen (secondary N) is 1. The molecular weight excluding hydrogens is 194 g/mol. The lowest BCUT2D eigenvalue weighted by Gasteiger charge is -2.50. The summed E-state index contributed by atoms with van der Waals surface area (Å²) in [4.78, 5) is 13.8. The van der Waals surface area contributed by atoms with E-state index in [4.69, 9.17) is 0 Å². The van der Waals surface area contributed by atoms with Crippen molar-refractivity contribution < 1.29 is 9.32 Å². The number of rotatable bonds is 1. The SMILES string of the molecule is O=C(c1ccon1)N1CC2CNCCC21. The van der Waals surface area contributed by atoms with E-state index in [0.717, 1.165) is 26.1 Å². The maximum absolute atomic E-state index is 11.9. The highest BCUT2D eigenvalue weighted by Gasteiger charge is 2.43. The summed E-state index contributed by atoms with van der Waals surface area (Å²) in [6.45, 7) is 2.89. The zero-order valence-corrected chi connectivity index (χ0v) is 8.35. The second-order valence-corrected chi connectivity index (χ2v) is 4.16. The molecule has 2 unspecified atom stereocenters. The Labute approximate surface area is 87.4 Å². The van der Waals surface area contributed by atoms with Crippen LogP contribution < -0.4 is 5.32 Å². The van der Waals surface area contributed by atoms with E-state index in [-0.39, 0.29) is 5.91 Å². The molecule has 5 nitrogen and oxygen atoms in total. The lowest BCUT2D eigenvalue weighted by Crippen LogP contribution is -2.64. The fraction of sp³-hybridized carbons (Fsp3) is 0.600. The molecule has 0 aromatic carbocycles. The Morgan fingerprint density at radius 1 is 1.67 bits per heavy atom. The first-order valence-electron chi connectivity index (χ1n) is 5.28. The van der Waals surface area contributed by atoms with Crippen molar-refractivity contribution >= 4 is 5.91 Å². The number of piperidine rings is 1. The van der Waals surface area contributed by atoms with Gasteiger partial charge in [-0.25, -0.2) is 0 Å². The molecule has 3 heterocycles. The Morgan fingerprint density at radius 2 is 2.60 bits per heavy atom. The Balaban J connectivity index is 1.72. The van der Waals surface area contributed by atoms with Crippen molar-refractivity contribution in [2.24, 2.45) is 5.92 Å². The monoisotopic (exact) mass is 207 g/mol. The van der Waals surface area contributed by atoms with Crippen LogP contribution in [0, 0.1) is 5.92 Å². The van der Waals surface area contributed by atoms with Crippen molar-refractivity contribution in [2.45, 2.75) is 12.5 Å². The average Bonchev–Trinajstić information content (AvgIpc) is 2.72. The van der Waals surface area contributed by atoms with Gasteiger partial charge >= 0.3 is 0 Å². The van der Waals surface area contributed by atoms with Crippen LogP contribution in [0.1, 0.15) is 16.9 Å². The van der Waals surface area contributed by atoms with Crippen LogP contribution in [0.25, 0.3) is 0 Å². The average molecular weight is 207 g/mol. The van der Waals surface area contributed by atoms with E-state index in [9.17, 15) is 4.79 Å². The van der Waals surface area contributed by atoms with Gasteiger partial charge in [0.05, 0.1) is 0 Å². The highest BCUT2D eigenvalue weighted by molar-refractivity contribution is 5.92. The number of amides is 1. The van der Waals surface area contributed by atoms with Crippen LogP contribution in [0.5, 0.6) is 0 Å². The van der Waals surface area contributed by atoms with Gasteiger partial charge in [0, 0.05) is 31.1 Å². The molecule has 0 aliphatic carbocycles. The van der Waals surface area contributed by atoms with Crippen LogP contribution in [-0.4, -0.2) is 41.6 Å². The highest BCUT2D eigenvalue weighted by atomic mass is 16.5. The summed E-state index contributed by atoms with van der Waals surface area (Å²) in [5.74, 6) is 0.640. The third kappa shape index (κ3) is 1.34. The quantitative estimate of drug-likeness (QED) is 0.710. The van der Waals surface area contributed by atoms with Crippen LogP contribution in [-0.2, 0) is 0 Å². The van der Waals surface area contributed by atoms with Gasteiger partial charge in [0.25, 0.3) is 5.91 Å². The van der Waals surface area contributed by atoms with Crippen LogP contribution in [0.4, 0.5) is 0 Å². The van der Waals surface area contributed by atoms with Crippen LogP contribution >= 0.6 is 0 Å². The molecule has 2 atom stereocenters. The molecule has 2 aliphatic rings. The van der Waals surface area contributed by atoms with Crippen LogP contribution in [0.2, 0.25) is 0 Å². The van der Waals surface area contributed by atoms with E-state index in [1.807, 2.05) is 4.90 Å². The molecule has 15 heavy (non-hydrogen) atoms. The van der Waals surface area contributed by atoms with Gasteiger partial charge in [0.15, 0.2) is 5.69 Å². The predicted molar refractivity (Wildman–Crippen MR) is 52.3 cm³/mol. The van der Waals surface area contributed by atoms with E-state index in [2.05, 4.69) is 15.0 Å². The minimum atomic E-state index is 0.00639. The van der Waals surface area contributed by atoms with E-state index in [1.54, 1.807) is 6.07 Å². The van der Waals surface area contributed by atoms with Crippen LogP contribution in [0.3, 0.4) is 0 Å². The molecule has 1 amide bonds. The van der Waals surface area contributed by atoms with Gasteiger partial charge in [-0.15, -0.1) is 0 Å². The summed E-state index contributed by atoms with van der Waals surface area (Å²) in [7, 11) is 0. The number of nitrogens with zero attached hydrogens (tertiary/aromatic N) is 2. The summed E-state index contributed by atoms with van der Waals surface area (Å²) >= 11 is 0. The lowest BCUT2D eigenvalue weighted by atomic mass is 9.83. The van der Waals surface area contributed by atoms with Gasteiger partial charge in [-0.2, -0.15) is 0 Å². The molecule has 1 N–H and O–H groups in total. The molecule has 5 heteroatoms. The molecule has 0 spiro atoms. The largest absolute Gasteiger partial charge is 0.364 e. The van der Waals surface area contributed by atoms with Gasteiger partial charge in [-0.1, -0.05) is 5.16 Å². The first kappa shape index (κ1) is 8.91. The number of carbonyl (C=O) groups is 1. The van der Waals surface area contributed by atoms with Crippen molar-refractivity contribution in [1.82, 2.24) is 15.4 Å². The summed E-state index contributed by atoms with van der Waals surface area (Å²) in [5.41, 5.74) is 0.423. The van der Waals surface area contributed by atoms with E-state index < -0.39 is 0 Å². The maximum Gasteiger partial charge on any atom is 0.276 e. The standard InChI is InChI=1S/C10H13N3O2/c14-10(8-2-4-15-12-8)13-6-7-5-11-3-1-9(7)13/h2,4,7,9,11H,1,3,5-6H2. The molecule has 0 saturated carbocycles. The molecule has 3 rings (SSSR count). The Morgan fingerprint density at radius 3 is 3.33 bits per heavy atom. The number of hydrogen-bond acceptors (Lipinski definition) is 4. The third-order valence-corrected chi connectivity index (χ3v) is 3.32. The van der Waals surface area contributed by atoms with Crippen molar-refractivity contribution in [1.29, 1.82) is 0 Å². The van der Waals surface area contributed by atoms with E-state index in [0.29, 0.717) is 17.7 Å². The van der Waals surface area contributed by atoms with Gasteiger partial charge < -0.3 is 14.7 Å². The number of carbonyl (C=O) groups excluding carboxylic acids is 1. The van der Waals surface area contributed by atoms with Gasteiger partial charge in [0.2, 0.25) is 0 Å². The molecule has 2 fully saturated rings. The summed E-state index contributed by atoms with van der Waals surface area (Å²) in [5, 5.41) is 7.01. The van der Waals surface area contributed by atoms with E-state index >= 15 is 0 Å². The molecule has 2 saturated heterocycles. The topological polar surface area (TPSA) is 58.4 Å². The van der Waals surface area contributed by atoms with Gasteiger partial charge in [-0.3, -0.25) is 4.79 Å². The summed E-state index contributed by atoms with van der Waals surface area (Å²) in [6, 6.07) is 2.03. The number of hydrogen-bond donors (Lipinski definition) is 1. The predicted octanol–water partition coefficient (Wildman–Crippen LogP) is 0.108. The lowest BCUT2D eigenvalue weighted by molar-refractivity contribution is 0.00171. The molecule has 0 bridgehead atoms. The van der Waals surface area contributed by atoms with Gasteiger partial charge in [-0.05, 0) is 13.0 Å². The fourth-order valence-corrected chi connectivity index (χ4v) is 2.46. The van der Waals surface area contributed by atoms with E-state index in [1.165, 1.54) is 6.26 Å². The molecular formula is C10H13N3O2. The molecule has 80 valence electrons. The smallest absolute Gasteiger partial charge is 0.276 e. The zero-order valence-electron chi connectivity index (χ0n) is 8.35. The first-order chi connectivity index (χ1) is 7.36. The molecule has 1 aromatic rings. The fourth-order valence-electron chi connectivity index (χ4n) is 2.46. The number of fused-ring (bicyclic) bond motifs is 1. The minimum Gasteiger partial charge on any atom is -0.364 e. The Kier molecular flexibility index (Phi) is 1.98. The number of likely N-dealkylation sites (tertiary alicyclic amines) is 1. The normalized spacial score (nSPS) is 29.5. The zero-order chi connectivity index (χ0) is 10.3. The van der Waals surface area contributed by atoms with Gasteiger partial charge in [0.1, 0.15) is 6.26 Å². The summed E-state index contributed by atoms with van der Waals surface area (Å²) < 4.78 is 4.68. The minimum absolute atomic E-state index is 0.00639. The van der Waals surface area contributed by atoms with Crippen molar-refractivity contribution in [3.05, 3.63) is 18.0 Å². The second-order valence-electron chi connectivity index (χ2n) is 4.16. The number of aromatic nitrogens is 1. The molecule has 2 aliphatic heterocycles. The first-order valence-corrected chi connectivity index (χ1v) is 5.28.